The molecule has 4 saturated carbocycles. The van der Waals surface area contributed by atoms with Gasteiger partial charge in [-0.05, 0) is 113 Å². The zero-order valence-corrected chi connectivity index (χ0v) is 18.5. The van der Waals surface area contributed by atoms with Crippen molar-refractivity contribution in [2.75, 3.05) is 7.05 Å². The van der Waals surface area contributed by atoms with Gasteiger partial charge in [-0.3, -0.25) is 4.79 Å². The molecule has 3 nitrogen and oxygen atoms in total. The van der Waals surface area contributed by atoms with Gasteiger partial charge in [0.1, 0.15) is 0 Å². The molecule has 1 aliphatic heterocycles. The first-order valence-electron chi connectivity index (χ1n) is 11.6. The Bertz CT molecular complexity index is 844. The highest BCUT2D eigenvalue weighted by Gasteiger charge is 2.54. The Labute approximate surface area is 175 Å². The van der Waals surface area contributed by atoms with Crippen molar-refractivity contribution in [3.05, 3.63) is 40.5 Å². The minimum absolute atomic E-state index is 0.0302. The number of carbonyl (C=O) groups is 1. The molecule has 6 rings (SSSR count). The summed E-state index contributed by atoms with van der Waals surface area (Å²) in [4.78, 5) is 13.7. The van der Waals surface area contributed by atoms with Gasteiger partial charge in [-0.1, -0.05) is 6.07 Å². The predicted octanol–water partition coefficient (Wildman–Crippen LogP) is 4.77. The number of aryl methyl sites for hydroxylation is 1. The van der Waals surface area contributed by atoms with Crippen molar-refractivity contribution in [3.8, 4) is 0 Å². The van der Waals surface area contributed by atoms with Gasteiger partial charge in [-0.25, -0.2) is 0 Å². The molecule has 0 radical (unpaired) electrons. The van der Waals surface area contributed by atoms with Crippen LogP contribution in [0.25, 0.3) is 5.70 Å². The largest absolute Gasteiger partial charge is 0.379 e. The van der Waals surface area contributed by atoms with E-state index >= 15 is 0 Å². The number of rotatable bonds is 4. The second kappa shape index (κ2) is 6.70. The SMILES string of the molecule is CNCc1cc2c(cc1C)CC(C)(C)N/C2=C\C(=O)C12CC3CC(CC(C3)C1)C2. The molecule has 1 heterocycles. The minimum Gasteiger partial charge on any atom is -0.379 e. The molecule has 156 valence electrons. The third kappa shape index (κ3) is 3.36. The summed E-state index contributed by atoms with van der Waals surface area (Å²) in [5.41, 5.74) is 6.22. The molecule has 0 aromatic heterocycles. The molecule has 29 heavy (non-hydrogen) atoms. The van der Waals surface area contributed by atoms with Crippen molar-refractivity contribution in [2.45, 2.75) is 77.8 Å². The van der Waals surface area contributed by atoms with Gasteiger partial charge in [0, 0.05) is 34.8 Å². The molecule has 0 saturated heterocycles. The third-order valence-electron chi connectivity index (χ3n) is 8.16. The van der Waals surface area contributed by atoms with Crippen LogP contribution in [0.1, 0.15) is 74.6 Å². The highest BCUT2D eigenvalue weighted by atomic mass is 16.1. The first-order chi connectivity index (χ1) is 13.8. The van der Waals surface area contributed by atoms with E-state index in [-0.39, 0.29) is 11.0 Å². The van der Waals surface area contributed by atoms with Crippen LogP contribution < -0.4 is 10.6 Å². The number of benzene rings is 1. The summed E-state index contributed by atoms with van der Waals surface area (Å²) >= 11 is 0. The van der Waals surface area contributed by atoms with E-state index in [0.29, 0.717) is 5.78 Å². The molecule has 1 aromatic rings. The maximum absolute atomic E-state index is 13.7. The Balaban J connectivity index is 1.53. The van der Waals surface area contributed by atoms with E-state index in [9.17, 15) is 4.79 Å². The summed E-state index contributed by atoms with van der Waals surface area (Å²) < 4.78 is 0. The number of allylic oxidation sites excluding steroid dienone is 1. The van der Waals surface area contributed by atoms with Crippen LogP contribution in [0.2, 0.25) is 0 Å². The van der Waals surface area contributed by atoms with Crippen molar-refractivity contribution < 1.29 is 4.79 Å². The van der Waals surface area contributed by atoms with Crippen LogP contribution in [0.3, 0.4) is 0 Å². The van der Waals surface area contributed by atoms with Crippen molar-refractivity contribution in [2.24, 2.45) is 23.2 Å². The summed E-state index contributed by atoms with van der Waals surface area (Å²) in [6, 6.07) is 4.65. The van der Waals surface area contributed by atoms with Crippen LogP contribution in [-0.2, 0) is 17.8 Å². The lowest BCUT2D eigenvalue weighted by atomic mass is 9.48. The Morgan fingerprint density at radius 3 is 2.34 bits per heavy atom. The lowest BCUT2D eigenvalue weighted by Gasteiger charge is -2.55. The summed E-state index contributed by atoms with van der Waals surface area (Å²) in [5, 5.41) is 7.01. The average molecular weight is 393 g/mol. The first-order valence-corrected chi connectivity index (χ1v) is 11.6. The van der Waals surface area contributed by atoms with Crippen LogP contribution in [0, 0.1) is 30.1 Å². The highest BCUT2D eigenvalue weighted by molar-refractivity contribution is 6.01. The van der Waals surface area contributed by atoms with Gasteiger partial charge < -0.3 is 10.6 Å². The number of hydrogen-bond acceptors (Lipinski definition) is 3. The zero-order chi connectivity index (χ0) is 20.4. The molecule has 5 aliphatic rings. The number of nitrogens with one attached hydrogen (secondary N) is 2. The van der Waals surface area contributed by atoms with E-state index in [1.165, 1.54) is 41.5 Å². The van der Waals surface area contributed by atoms with Crippen LogP contribution >= 0.6 is 0 Å². The molecular formula is C26H36N2O. The lowest BCUT2D eigenvalue weighted by Crippen LogP contribution is -2.50. The van der Waals surface area contributed by atoms with Crippen LogP contribution in [0.15, 0.2) is 18.2 Å². The molecule has 4 bridgehead atoms. The molecule has 0 spiro atoms. The smallest absolute Gasteiger partial charge is 0.163 e. The molecular weight excluding hydrogens is 356 g/mol. The van der Waals surface area contributed by atoms with Gasteiger partial charge >= 0.3 is 0 Å². The average Bonchev–Trinajstić information content (AvgIpc) is 2.61. The normalized spacial score (nSPS) is 35.4. The quantitative estimate of drug-likeness (QED) is 0.726. The molecule has 4 aliphatic carbocycles. The Morgan fingerprint density at radius 2 is 1.76 bits per heavy atom. The minimum atomic E-state index is -0.0658. The monoisotopic (exact) mass is 392 g/mol. The Hall–Kier alpha value is -1.61. The zero-order valence-electron chi connectivity index (χ0n) is 18.5. The molecule has 0 unspecified atom stereocenters. The van der Waals surface area contributed by atoms with E-state index < -0.39 is 0 Å². The van der Waals surface area contributed by atoms with Crippen LogP contribution in [0.4, 0.5) is 0 Å². The van der Waals surface area contributed by atoms with Crippen LogP contribution in [0.5, 0.6) is 0 Å². The summed E-state index contributed by atoms with van der Waals surface area (Å²) in [6.07, 6.45) is 10.5. The third-order valence-corrected chi connectivity index (χ3v) is 8.16. The van der Waals surface area contributed by atoms with Crippen molar-refractivity contribution >= 4 is 11.5 Å². The van der Waals surface area contributed by atoms with Crippen molar-refractivity contribution in [3.63, 3.8) is 0 Å². The van der Waals surface area contributed by atoms with Gasteiger partial charge in [0.05, 0.1) is 0 Å². The van der Waals surface area contributed by atoms with E-state index in [4.69, 9.17) is 0 Å². The number of hydrogen-bond donors (Lipinski definition) is 2. The Kier molecular flexibility index (Phi) is 4.47. The number of carbonyl (C=O) groups excluding carboxylic acids is 1. The van der Waals surface area contributed by atoms with E-state index in [1.54, 1.807) is 0 Å². The highest BCUT2D eigenvalue weighted by Crippen LogP contribution is 2.60. The molecule has 0 atom stereocenters. The van der Waals surface area contributed by atoms with Gasteiger partial charge in [-0.15, -0.1) is 0 Å². The summed E-state index contributed by atoms with van der Waals surface area (Å²) in [7, 11) is 1.99. The van der Waals surface area contributed by atoms with E-state index in [0.717, 1.165) is 55.7 Å². The molecule has 0 amide bonds. The fourth-order valence-electron chi connectivity index (χ4n) is 7.35. The summed E-state index contributed by atoms with van der Waals surface area (Å²) in [6.45, 7) is 7.55. The van der Waals surface area contributed by atoms with Crippen molar-refractivity contribution in [1.29, 1.82) is 0 Å². The topological polar surface area (TPSA) is 41.1 Å². The fourth-order valence-corrected chi connectivity index (χ4v) is 7.35. The van der Waals surface area contributed by atoms with Gasteiger partial charge in [0.25, 0.3) is 0 Å². The molecule has 2 N–H and O–H groups in total. The van der Waals surface area contributed by atoms with Gasteiger partial charge in [-0.2, -0.15) is 0 Å². The molecule has 3 heteroatoms. The summed E-state index contributed by atoms with van der Waals surface area (Å²) in [5.74, 6) is 2.81. The standard InChI is InChI=1S/C26H36N2O/c1-16-5-20-14-25(2,3)28-23(22(20)9-21(16)15-27-4)10-24(29)26-11-17-6-18(12-26)8-19(7-17)13-26/h5,9-10,17-19,27-28H,6-8,11-15H2,1-4H3/b23-10-. The fraction of sp³-hybridized carbons (Fsp3) is 0.654. The van der Waals surface area contributed by atoms with E-state index in [2.05, 4.69) is 43.5 Å². The second-order valence-corrected chi connectivity index (χ2v) is 11.3. The van der Waals surface area contributed by atoms with Gasteiger partial charge in [0.2, 0.25) is 0 Å². The maximum Gasteiger partial charge on any atom is 0.163 e. The Morgan fingerprint density at radius 1 is 1.14 bits per heavy atom. The van der Waals surface area contributed by atoms with Crippen LogP contribution in [-0.4, -0.2) is 18.4 Å². The van der Waals surface area contributed by atoms with Gasteiger partial charge in [0.15, 0.2) is 5.78 Å². The number of fused-ring (bicyclic) bond motifs is 1. The van der Waals surface area contributed by atoms with E-state index in [1.807, 2.05) is 13.1 Å². The number of ketones is 1. The molecule has 1 aromatic carbocycles. The lowest BCUT2D eigenvalue weighted by molar-refractivity contribution is -0.138. The predicted molar refractivity (Wildman–Crippen MR) is 118 cm³/mol. The molecule has 4 fully saturated rings. The van der Waals surface area contributed by atoms with Crippen molar-refractivity contribution in [1.82, 2.24) is 10.6 Å². The maximum atomic E-state index is 13.7. The second-order valence-electron chi connectivity index (χ2n) is 11.3. The first kappa shape index (κ1) is 19.4.